The van der Waals surface area contributed by atoms with Gasteiger partial charge in [-0.15, -0.1) is 11.3 Å². The average Bonchev–Trinajstić information content (AvgIpc) is 2.83. The van der Waals surface area contributed by atoms with Crippen molar-refractivity contribution in [2.45, 2.75) is 42.9 Å². The Morgan fingerprint density at radius 2 is 2.06 bits per heavy atom. The van der Waals surface area contributed by atoms with Crippen LogP contribution in [0.2, 0.25) is 0 Å². The van der Waals surface area contributed by atoms with Gasteiger partial charge in [-0.1, -0.05) is 25.3 Å². The molecule has 0 amide bonds. The summed E-state index contributed by atoms with van der Waals surface area (Å²) in [5.74, 6) is 0.691. The fourth-order valence-electron chi connectivity index (χ4n) is 2.56. The molecule has 1 aliphatic carbocycles. The number of nitrogens with two attached hydrogens (primary N) is 1. The molecule has 1 aliphatic rings. The highest BCUT2D eigenvalue weighted by Crippen LogP contribution is 2.38. The maximum Gasteiger partial charge on any atom is 0.0970 e. The fraction of sp³-hybridized carbons (Fsp3) is 0.462. The molecule has 0 radical (unpaired) electrons. The van der Waals surface area contributed by atoms with Crippen LogP contribution in [0.1, 0.15) is 43.0 Å². The molecule has 1 fully saturated rings. The number of hydrogen-bond acceptors (Lipinski definition) is 4. The summed E-state index contributed by atoms with van der Waals surface area (Å²) >= 11 is 3.16. The molecule has 2 aromatic rings. The molecule has 1 heterocycles. The van der Waals surface area contributed by atoms with Crippen molar-refractivity contribution in [3.05, 3.63) is 23.2 Å². The summed E-state index contributed by atoms with van der Waals surface area (Å²) in [4.78, 5) is 5.92. The number of fused-ring (bicyclic) bond motifs is 1. The minimum Gasteiger partial charge on any atom is -0.274 e. The van der Waals surface area contributed by atoms with Crippen molar-refractivity contribution in [3.63, 3.8) is 0 Å². The topological polar surface area (TPSA) is 38.9 Å². The molecular weight excluding hydrogens is 248 g/mol. The number of hydrogen-bond donors (Lipinski definition) is 1. The van der Waals surface area contributed by atoms with Crippen LogP contribution in [0.3, 0.4) is 0 Å². The molecule has 0 bridgehead atoms. The van der Waals surface area contributed by atoms with Gasteiger partial charge in [-0.25, -0.2) is 4.98 Å². The lowest BCUT2D eigenvalue weighted by Crippen LogP contribution is -2.03. The van der Waals surface area contributed by atoms with E-state index in [2.05, 4.69) is 18.2 Å². The van der Waals surface area contributed by atoms with Gasteiger partial charge in [0, 0.05) is 10.8 Å². The van der Waals surface area contributed by atoms with Gasteiger partial charge in [0.2, 0.25) is 0 Å². The van der Waals surface area contributed by atoms with E-state index in [1.165, 1.54) is 53.8 Å². The largest absolute Gasteiger partial charge is 0.274 e. The van der Waals surface area contributed by atoms with Crippen LogP contribution in [0.15, 0.2) is 23.1 Å². The Hall–Kier alpha value is -0.580. The second kappa shape index (κ2) is 4.96. The van der Waals surface area contributed by atoms with Gasteiger partial charge >= 0.3 is 0 Å². The maximum absolute atomic E-state index is 5.68. The van der Waals surface area contributed by atoms with E-state index < -0.39 is 0 Å². The summed E-state index contributed by atoms with van der Waals surface area (Å²) in [5.41, 5.74) is 1.10. The molecule has 1 aromatic carbocycles. The number of benzene rings is 1. The van der Waals surface area contributed by atoms with Gasteiger partial charge in [-0.3, -0.25) is 5.14 Å². The van der Waals surface area contributed by atoms with Gasteiger partial charge in [-0.2, -0.15) is 0 Å². The molecular formula is C13H16N2S2. The van der Waals surface area contributed by atoms with Crippen LogP contribution in [-0.4, -0.2) is 4.98 Å². The van der Waals surface area contributed by atoms with Crippen molar-refractivity contribution >= 4 is 33.5 Å². The van der Waals surface area contributed by atoms with Crippen molar-refractivity contribution in [2.75, 3.05) is 0 Å². The van der Waals surface area contributed by atoms with Crippen LogP contribution in [-0.2, 0) is 0 Å². The summed E-state index contributed by atoms with van der Waals surface area (Å²) in [6.07, 6.45) is 6.74. The Labute approximate surface area is 110 Å². The van der Waals surface area contributed by atoms with Gasteiger partial charge in [0.1, 0.15) is 0 Å². The second-order valence-corrected chi connectivity index (χ2v) is 6.35. The lowest BCUT2D eigenvalue weighted by Gasteiger charge is -2.18. The SMILES string of the molecule is NSc1cccc2sc(C3CCCCC3)nc12. The van der Waals surface area contributed by atoms with E-state index in [0.29, 0.717) is 5.92 Å². The zero-order valence-corrected chi connectivity index (χ0v) is 11.3. The van der Waals surface area contributed by atoms with E-state index in [0.717, 1.165) is 10.4 Å². The van der Waals surface area contributed by atoms with Crippen molar-refractivity contribution in [1.29, 1.82) is 0 Å². The summed E-state index contributed by atoms with van der Waals surface area (Å²) in [6, 6.07) is 6.27. The highest BCUT2D eigenvalue weighted by Gasteiger charge is 2.19. The van der Waals surface area contributed by atoms with Gasteiger partial charge in [0.25, 0.3) is 0 Å². The van der Waals surface area contributed by atoms with Crippen LogP contribution in [0.25, 0.3) is 10.2 Å². The zero-order chi connectivity index (χ0) is 11.7. The molecule has 4 heteroatoms. The first-order valence-electron chi connectivity index (χ1n) is 6.14. The molecule has 2 nitrogen and oxygen atoms in total. The van der Waals surface area contributed by atoms with E-state index in [9.17, 15) is 0 Å². The van der Waals surface area contributed by atoms with Crippen molar-refractivity contribution in [3.8, 4) is 0 Å². The Morgan fingerprint density at radius 1 is 1.24 bits per heavy atom. The molecule has 0 aliphatic heterocycles. The van der Waals surface area contributed by atoms with E-state index >= 15 is 0 Å². The number of aromatic nitrogens is 1. The Morgan fingerprint density at radius 3 is 2.82 bits per heavy atom. The van der Waals surface area contributed by atoms with Crippen LogP contribution >= 0.6 is 23.3 Å². The van der Waals surface area contributed by atoms with Gasteiger partial charge in [0.15, 0.2) is 0 Å². The second-order valence-electron chi connectivity index (χ2n) is 4.61. The minimum absolute atomic E-state index is 0.691. The number of para-hydroxylation sites is 1. The van der Waals surface area contributed by atoms with Crippen LogP contribution in [0.5, 0.6) is 0 Å². The molecule has 3 rings (SSSR count). The zero-order valence-electron chi connectivity index (χ0n) is 9.69. The van der Waals surface area contributed by atoms with Crippen molar-refractivity contribution < 1.29 is 0 Å². The Kier molecular flexibility index (Phi) is 3.36. The standard InChI is InChI=1S/C13H16N2S2/c14-17-11-8-4-7-10-12(11)15-13(16-10)9-5-2-1-3-6-9/h4,7-9H,1-3,5-6,14H2. The molecule has 0 atom stereocenters. The monoisotopic (exact) mass is 264 g/mol. The first kappa shape index (κ1) is 11.5. The quantitative estimate of drug-likeness (QED) is 0.821. The van der Waals surface area contributed by atoms with E-state index in [1.54, 1.807) is 0 Å². The van der Waals surface area contributed by atoms with Crippen LogP contribution < -0.4 is 5.14 Å². The smallest absolute Gasteiger partial charge is 0.0970 e. The van der Waals surface area contributed by atoms with Crippen molar-refractivity contribution in [1.82, 2.24) is 4.98 Å². The Bertz CT molecular complexity index is 515. The molecule has 1 saturated carbocycles. The molecule has 90 valence electrons. The normalized spacial score (nSPS) is 17.7. The van der Waals surface area contributed by atoms with E-state index in [4.69, 9.17) is 10.1 Å². The predicted molar refractivity (Wildman–Crippen MR) is 75.5 cm³/mol. The third-order valence-electron chi connectivity index (χ3n) is 3.48. The molecule has 1 aromatic heterocycles. The van der Waals surface area contributed by atoms with E-state index in [1.807, 2.05) is 11.3 Å². The van der Waals surface area contributed by atoms with Crippen LogP contribution in [0.4, 0.5) is 0 Å². The molecule has 0 saturated heterocycles. The third-order valence-corrected chi connectivity index (χ3v) is 5.25. The molecule has 0 spiro atoms. The Balaban J connectivity index is 2.00. The van der Waals surface area contributed by atoms with Gasteiger partial charge < -0.3 is 0 Å². The molecule has 0 unspecified atom stereocenters. The summed E-state index contributed by atoms with van der Waals surface area (Å²) in [6.45, 7) is 0. The lowest BCUT2D eigenvalue weighted by atomic mass is 9.90. The first-order chi connectivity index (χ1) is 8.38. The summed E-state index contributed by atoms with van der Waals surface area (Å²) < 4.78 is 1.28. The van der Waals surface area contributed by atoms with Gasteiger partial charge in [-0.05, 0) is 36.9 Å². The summed E-state index contributed by atoms with van der Waals surface area (Å²) in [7, 11) is 0. The lowest BCUT2D eigenvalue weighted by molar-refractivity contribution is 0.443. The van der Waals surface area contributed by atoms with Crippen molar-refractivity contribution in [2.24, 2.45) is 5.14 Å². The number of nitrogens with zero attached hydrogens (tertiary/aromatic N) is 1. The summed E-state index contributed by atoms with van der Waals surface area (Å²) in [5, 5.41) is 7.01. The van der Waals surface area contributed by atoms with Gasteiger partial charge in [0.05, 0.1) is 15.2 Å². The van der Waals surface area contributed by atoms with E-state index in [-0.39, 0.29) is 0 Å². The molecule has 17 heavy (non-hydrogen) atoms. The van der Waals surface area contributed by atoms with Crippen LogP contribution in [0, 0.1) is 0 Å². The average molecular weight is 264 g/mol. The maximum atomic E-state index is 5.68. The number of rotatable bonds is 2. The minimum atomic E-state index is 0.691. The number of thiazole rings is 1. The highest BCUT2D eigenvalue weighted by molar-refractivity contribution is 7.97. The predicted octanol–water partition coefficient (Wildman–Crippen LogP) is 4.31. The first-order valence-corrected chi connectivity index (χ1v) is 7.84. The third kappa shape index (κ3) is 2.21. The highest BCUT2D eigenvalue weighted by atomic mass is 32.2. The fourth-order valence-corrected chi connectivity index (χ4v) is 4.21. The molecule has 2 N–H and O–H groups in total.